The van der Waals surface area contributed by atoms with E-state index in [4.69, 9.17) is 20.6 Å². The van der Waals surface area contributed by atoms with E-state index < -0.39 is 0 Å². The Bertz CT molecular complexity index is 592. The number of ether oxygens (including phenoxy) is 2. The second kappa shape index (κ2) is 5.43. The highest BCUT2D eigenvalue weighted by atomic mass is 16.5. The number of amidine groups is 1. The van der Waals surface area contributed by atoms with Crippen molar-refractivity contribution < 1.29 is 9.47 Å². The van der Waals surface area contributed by atoms with Gasteiger partial charge in [0.25, 0.3) is 0 Å². The molecule has 0 aliphatic rings. The summed E-state index contributed by atoms with van der Waals surface area (Å²) in [5.41, 5.74) is 6.03. The summed E-state index contributed by atoms with van der Waals surface area (Å²) < 4.78 is 12.8. The van der Waals surface area contributed by atoms with Gasteiger partial charge in [0.15, 0.2) is 11.5 Å². The number of nitrogens with one attached hydrogen (secondary N) is 1. The summed E-state index contributed by atoms with van der Waals surface area (Å²) in [6.45, 7) is 0.347. The van der Waals surface area contributed by atoms with E-state index in [9.17, 15) is 0 Å². The molecule has 3 N–H and O–H groups in total. The number of hydrogen-bond donors (Lipinski definition) is 2. The van der Waals surface area contributed by atoms with Gasteiger partial charge in [-0.05, 0) is 18.2 Å². The van der Waals surface area contributed by atoms with Crippen molar-refractivity contribution >= 4 is 5.84 Å². The Kier molecular flexibility index (Phi) is 3.70. The number of aryl methyl sites for hydroxylation is 1. The van der Waals surface area contributed by atoms with Crippen molar-refractivity contribution in [3.05, 3.63) is 42.0 Å². The first-order valence-corrected chi connectivity index (χ1v) is 5.73. The second-order valence-corrected chi connectivity index (χ2v) is 4.02. The van der Waals surface area contributed by atoms with Gasteiger partial charge >= 0.3 is 0 Å². The number of imidazole rings is 1. The topological polar surface area (TPSA) is 86.2 Å². The van der Waals surface area contributed by atoms with Gasteiger partial charge in [-0.2, -0.15) is 0 Å². The number of nitrogens with zero attached hydrogens (tertiary/aromatic N) is 2. The zero-order valence-electron chi connectivity index (χ0n) is 10.9. The molecular formula is C13H16N4O2. The lowest BCUT2D eigenvalue weighted by Crippen LogP contribution is -2.11. The molecular weight excluding hydrogens is 244 g/mol. The number of rotatable bonds is 5. The van der Waals surface area contributed by atoms with Gasteiger partial charge in [0.1, 0.15) is 18.3 Å². The van der Waals surface area contributed by atoms with Crippen molar-refractivity contribution in [3.63, 3.8) is 0 Å². The van der Waals surface area contributed by atoms with Crippen LogP contribution in [-0.2, 0) is 13.7 Å². The maximum atomic E-state index is 7.39. The van der Waals surface area contributed by atoms with Crippen LogP contribution in [0.15, 0.2) is 30.6 Å². The maximum Gasteiger partial charge on any atom is 0.161 e. The van der Waals surface area contributed by atoms with Crippen LogP contribution in [0.5, 0.6) is 11.5 Å². The molecule has 0 aliphatic heterocycles. The minimum atomic E-state index is -0.00560. The first-order chi connectivity index (χ1) is 9.11. The molecule has 0 aliphatic carbocycles. The first kappa shape index (κ1) is 12.9. The lowest BCUT2D eigenvalue weighted by Gasteiger charge is -2.11. The van der Waals surface area contributed by atoms with Crippen molar-refractivity contribution in [2.45, 2.75) is 6.61 Å². The van der Waals surface area contributed by atoms with Gasteiger partial charge < -0.3 is 19.8 Å². The van der Waals surface area contributed by atoms with Gasteiger partial charge in [0.05, 0.1) is 7.11 Å². The third-order valence-electron chi connectivity index (χ3n) is 2.75. The lowest BCUT2D eigenvalue weighted by molar-refractivity contribution is 0.273. The SMILES string of the molecule is COc1cc(C(=N)N)ccc1OCc1nccn1C. The molecule has 0 saturated carbocycles. The fraction of sp³-hybridized carbons (Fsp3) is 0.231. The minimum Gasteiger partial charge on any atom is -0.493 e. The van der Waals surface area contributed by atoms with E-state index in [0.29, 0.717) is 23.7 Å². The molecule has 0 unspecified atom stereocenters. The second-order valence-electron chi connectivity index (χ2n) is 4.02. The zero-order valence-corrected chi connectivity index (χ0v) is 10.9. The van der Waals surface area contributed by atoms with Crippen molar-refractivity contribution in [1.29, 1.82) is 5.41 Å². The Hall–Kier alpha value is -2.50. The highest BCUT2D eigenvalue weighted by Gasteiger charge is 2.08. The first-order valence-electron chi connectivity index (χ1n) is 5.73. The summed E-state index contributed by atoms with van der Waals surface area (Å²) >= 11 is 0. The van der Waals surface area contributed by atoms with E-state index in [1.54, 1.807) is 31.5 Å². The summed E-state index contributed by atoms with van der Waals surface area (Å²) in [4.78, 5) is 4.18. The van der Waals surface area contributed by atoms with Crippen LogP contribution in [0.25, 0.3) is 0 Å². The molecule has 0 radical (unpaired) electrons. The Morgan fingerprint density at radius 3 is 2.79 bits per heavy atom. The molecule has 1 aromatic carbocycles. The van der Waals surface area contributed by atoms with Crippen LogP contribution in [0.2, 0.25) is 0 Å². The average molecular weight is 260 g/mol. The van der Waals surface area contributed by atoms with Crippen molar-refractivity contribution in [1.82, 2.24) is 9.55 Å². The largest absolute Gasteiger partial charge is 0.493 e. The summed E-state index contributed by atoms with van der Waals surface area (Å²) in [7, 11) is 3.45. The molecule has 0 bridgehead atoms. The van der Waals surface area contributed by atoms with Gasteiger partial charge in [0, 0.05) is 25.0 Å². The van der Waals surface area contributed by atoms with Crippen LogP contribution in [0.4, 0.5) is 0 Å². The Balaban J connectivity index is 2.16. The van der Waals surface area contributed by atoms with Gasteiger partial charge in [-0.15, -0.1) is 0 Å². The number of benzene rings is 1. The molecule has 2 aromatic rings. The molecule has 0 fully saturated rings. The van der Waals surface area contributed by atoms with Crippen molar-refractivity contribution in [2.24, 2.45) is 12.8 Å². The molecule has 0 amide bonds. The predicted octanol–water partition coefficient (Wildman–Crippen LogP) is 1.29. The van der Waals surface area contributed by atoms with E-state index in [1.807, 2.05) is 17.8 Å². The molecule has 1 heterocycles. The standard InChI is InChI=1S/C13H16N4O2/c1-17-6-5-16-12(17)8-19-10-4-3-9(13(14)15)7-11(10)18-2/h3-7H,8H2,1-2H3,(H3,14,15). The molecule has 0 spiro atoms. The van der Waals surface area contributed by atoms with Gasteiger partial charge in [0.2, 0.25) is 0 Å². The van der Waals surface area contributed by atoms with Crippen LogP contribution in [0.3, 0.4) is 0 Å². The van der Waals surface area contributed by atoms with E-state index in [-0.39, 0.29) is 5.84 Å². The van der Waals surface area contributed by atoms with Crippen LogP contribution in [0.1, 0.15) is 11.4 Å². The molecule has 0 atom stereocenters. The normalized spacial score (nSPS) is 10.2. The number of nitrogens with two attached hydrogens (primary N) is 1. The van der Waals surface area contributed by atoms with Gasteiger partial charge in [-0.3, -0.25) is 5.41 Å². The van der Waals surface area contributed by atoms with E-state index in [2.05, 4.69) is 4.98 Å². The fourth-order valence-electron chi connectivity index (χ4n) is 1.63. The summed E-state index contributed by atoms with van der Waals surface area (Å²) in [6.07, 6.45) is 3.57. The van der Waals surface area contributed by atoms with Crippen molar-refractivity contribution in [2.75, 3.05) is 7.11 Å². The number of hydrogen-bond acceptors (Lipinski definition) is 4. The predicted molar refractivity (Wildman–Crippen MR) is 71.6 cm³/mol. The summed E-state index contributed by atoms with van der Waals surface area (Å²) in [6, 6.07) is 5.13. The molecule has 100 valence electrons. The number of methoxy groups -OCH3 is 1. The minimum absolute atomic E-state index is 0.00560. The Morgan fingerprint density at radius 1 is 1.42 bits per heavy atom. The highest BCUT2D eigenvalue weighted by Crippen LogP contribution is 2.28. The van der Waals surface area contributed by atoms with Gasteiger partial charge in [-0.25, -0.2) is 4.98 Å². The molecule has 1 aromatic heterocycles. The molecule has 2 rings (SSSR count). The molecule has 6 heteroatoms. The highest BCUT2D eigenvalue weighted by molar-refractivity contribution is 5.95. The average Bonchev–Trinajstić information content (AvgIpc) is 2.81. The Morgan fingerprint density at radius 2 is 2.21 bits per heavy atom. The van der Waals surface area contributed by atoms with Crippen LogP contribution in [0, 0.1) is 5.41 Å². The lowest BCUT2D eigenvalue weighted by atomic mass is 10.2. The van der Waals surface area contributed by atoms with Crippen LogP contribution in [-0.4, -0.2) is 22.5 Å². The molecule has 0 saturated heterocycles. The van der Waals surface area contributed by atoms with E-state index >= 15 is 0 Å². The quantitative estimate of drug-likeness (QED) is 0.626. The number of nitrogen functional groups attached to an aromatic ring is 1. The van der Waals surface area contributed by atoms with Crippen molar-refractivity contribution in [3.8, 4) is 11.5 Å². The van der Waals surface area contributed by atoms with E-state index in [0.717, 1.165) is 5.82 Å². The van der Waals surface area contributed by atoms with Gasteiger partial charge in [-0.1, -0.05) is 0 Å². The smallest absolute Gasteiger partial charge is 0.161 e. The Labute approximate surface area is 111 Å². The number of aromatic nitrogens is 2. The third kappa shape index (κ3) is 2.85. The van der Waals surface area contributed by atoms with E-state index in [1.165, 1.54) is 0 Å². The van der Waals surface area contributed by atoms with Crippen LogP contribution < -0.4 is 15.2 Å². The molecule has 19 heavy (non-hydrogen) atoms. The third-order valence-corrected chi connectivity index (χ3v) is 2.75. The van der Waals surface area contributed by atoms with Crippen LogP contribution >= 0.6 is 0 Å². The zero-order chi connectivity index (χ0) is 13.8. The molecule has 6 nitrogen and oxygen atoms in total. The maximum absolute atomic E-state index is 7.39. The monoisotopic (exact) mass is 260 g/mol. The fourth-order valence-corrected chi connectivity index (χ4v) is 1.63. The summed E-state index contributed by atoms with van der Waals surface area (Å²) in [5.74, 6) is 1.95. The summed E-state index contributed by atoms with van der Waals surface area (Å²) in [5, 5.41) is 7.39.